The van der Waals surface area contributed by atoms with Crippen molar-refractivity contribution in [3.8, 4) is 0 Å². The van der Waals surface area contributed by atoms with Crippen molar-refractivity contribution in [1.82, 2.24) is 4.57 Å². The minimum Gasteiger partial charge on any atom is -0.298 e. The molecule has 0 bridgehead atoms. The van der Waals surface area contributed by atoms with Gasteiger partial charge in [0.25, 0.3) is 5.91 Å². The normalized spacial score (nSPS) is 10.3. The second-order valence-corrected chi connectivity index (χ2v) is 4.26. The summed E-state index contributed by atoms with van der Waals surface area (Å²) >= 11 is 3.04. The number of nitrogens with zero attached hydrogens (tertiary/aromatic N) is 1. The maximum atomic E-state index is 11.8. The van der Waals surface area contributed by atoms with Crippen LogP contribution in [0.25, 0.3) is 10.9 Å². The largest absolute Gasteiger partial charge is 0.298 e. The van der Waals surface area contributed by atoms with Gasteiger partial charge in [0.2, 0.25) is 0 Å². The van der Waals surface area contributed by atoms with E-state index in [4.69, 9.17) is 0 Å². The zero-order chi connectivity index (χ0) is 11.7. The van der Waals surface area contributed by atoms with Crippen LogP contribution in [0, 0.1) is 0 Å². The van der Waals surface area contributed by atoms with Crippen LogP contribution in [0.15, 0.2) is 41.5 Å². The van der Waals surface area contributed by atoms with Gasteiger partial charge < -0.3 is 0 Å². The zero-order valence-corrected chi connectivity index (χ0v) is 9.90. The molecule has 3 nitrogen and oxygen atoms in total. The number of aromatic nitrogens is 1. The van der Waals surface area contributed by atoms with Gasteiger partial charge in [-0.2, -0.15) is 0 Å². The van der Waals surface area contributed by atoms with Gasteiger partial charge in [0, 0.05) is 17.1 Å². The van der Waals surface area contributed by atoms with Crippen molar-refractivity contribution < 1.29 is 9.59 Å². The first-order chi connectivity index (χ1) is 7.65. The van der Waals surface area contributed by atoms with E-state index < -0.39 is 0 Å². The van der Waals surface area contributed by atoms with Gasteiger partial charge in [-0.05, 0) is 22.0 Å². The van der Waals surface area contributed by atoms with Crippen LogP contribution in [0.1, 0.15) is 15.2 Å². The monoisotopic (exact) mass is 277 g/mol. The van der Waals surface area contributed by atoms with E-state index >= 15 is 0 Å². The summed E-state index contributed by atoms with van der Waals surface area (Å²) in [5.41, 5.74) is 1.20. The topological polar surface area (TPSA) is 39.1 Å². The molecule has 2 rings (SSSR count). The average molecular weight is 278 g/mol. The van der Waals surface area contributed by atoms with Crippen LogP contribution in [0.2, 0.25) is 0 Å². The molecule has 1 aromatic heterocycles. The van der Waals surface area contributed by atoms with Crippen molar-refractivity contribution in [2.45, 2.75) is 0 Å². The van der Waals surface area contributed by atoms with Crippen LogP contribution in [-0.4, -0.2) is 16.8 Å². The van der Waals surface area contributed by atoms with E-state index in [1.165, 1.54) is 10.8 Å². The number of benzene rings is 1. The number of rotatable bonds is 2. The average Bonchev–Trinajstić information content (AvgIpc) is 2.66. The van der Waals surface area contributed by atoms with Crippen molar-refractivity contribution in [3.63, 3.8) is 0 Å². The van der Waals surface area contributed by atoms with E-state index in [0.717, 1.165) is 11.7 Å². The van der Waals surface area contributed by atoms with Gasteiger partial charge >= 0.3 is 0 Å². The number of hydrogen-bond acceptors (Lipinski definition) is 2. The Balaban J connectivity index is 2.76. The number of allylic oxidation sites excluding steroid dienone is 1. The predicted octanol–water partition coefficient (Wildman–Crippen LogP) is 3.00. The quantitative estimate of drug-likeness (QED) is 0.625. The Morgan fingerprint density at radius 1 is 1.38 bits per heavy atom. The highest BCUT2D eigenvalue weighted by atomic mass is 79.9. The molecule has 4 heteroatoms. The molecule has 0 unspecified atom stereocenters. The van der Waals surface area contributed by atoms with E-state index in [2.05, 4.69) is 22.5 Å². The van der Waals surface area contributed by atoms with Gasteiger partial charge in [-0.25, -0.2) is 0 Å². The summed E-state index contributed by atoms with van der Waals surface area (Å²) < 4.78 is 1.67. The van der Waals surface area contributed by atoms with Crippen LogP contribution in [0.5, 0.6) is 0 Å². The molecule has 0 aliphatic carbocycles. The molecular formula is C12H8BrNO2. The second kappa shape index (κ2) is 4.06. The van der Waals surface area contributed by atoms with E-state index in [-0.39, 0.29) is 10.4 Å². The van der Waals surface area contributed by atoms with Crippen molar-refractivity contribution in [2.75, 3.05) is 0 Å². The molecule has 1 heterocycles. The molecule has 0 N–H and O–H groups in total. The van der Waals surface area contributed by atoms with Crippen LogP contribution in [-0.2, 0) is 0 Å². The third kappa shape index (κ3) is 1.61. The number of aldehydes is 1. The SMILES string of the molecule is C=C(Br)C(=O)n1cc(C=O)c2ccccc21. The van der Waals surface area contributed by atoms with Crippen LogP contribution < -0.4 is 0 Å². The molecule has 0 spiro atoms. The minimum absolute atomic E-state index is 0.255. The molecule has 0 radical (unpaired) electrons. The molecule has 0 fully saturated rings. The lowest BCUT2D eigenvalue weighted by molar-refractivity contribution is 0.0971. The number of carbonyl (C=O) groups is 2. The third-order valence-electron chi connectivity index (χ3n) is 2.32. The Kier molecular flexibility index (Phi) is 2.75. The molecule has 0 saturated heterocycles. The van der Waals surface area contributed by atoms with Crippen molar-refractivity contribution in [1.29, 1.82) is 0 Å². The fourth-order valence-electron chi connectivity index (χ4n) is 1.60. The van der Waals surface area contributed by atoms with Crippen molar-refractivity contribution >= 4 is 39.0 Å². The maximum Gasteiger partial charge on any atom is 0.268 e. The first-order valence-corrected chi connectivity index (χ1v) is 5.39. The predicted molar refractivity (Wildman–Crippen MR) is 66.0 cm³/mol. The Labute approximate surface area is 100 Å². The zero-order valence-electron chi connectivity index (χ0n) is 8.31. The lowest BCUT2D eigenvalue weighted by Crippen LogP contribution is -2.07. The number of carbonyl (C=O) groups excluding carboxylic acids is 2. The molecule has 0 aliphatic heterocycles. The Morgan fingerprint density at radius 3 is 2.69 bits per heavy atom. The van der Waals surface area contributed by atoms with Gasteiger partial charge in [-0.15, -0.1) is 0 Å². The van der Waals surface area contributed by atoms with Gasteiger partial charge in [-0.3, -0.25) is 14.2 Å². The number of hydrogen-bond donors (Lipinski definition) is 0. The van der Waals surface area contributed by atoms with Crippen LogP contribution in [0.3, 0.4) is 0 Å². The Bertz CT molecular complexity index is 598. The van der Waals surface area contributed by atoms with Gasteiger partial charge in [0.05, 0.1) is 10.00 Å². The lowest BCUT2D eigenvalue weighted by atomic mass is 10.2. The highest BCUT2D eigenvalue weighted by Crippen LogP contribution is 2.21. The van der Waals surface area contributed by atoms with Crippen LogP contribution in [0.4, 0.5) is 0 Å². The molecule has 80 valence electrons. The molecule has 1 aromatic carbocycles. The molecule has 0 saturated carbocycles. The molecule has 0 amide bonds. The van der Waals surface area contributed by atoms with Gasteiger partial charge in [0.1, 0.15) is 0 Å². The minimum atomic E-state index is -0.274. The summed E-state index contributed by atoms with van der Waals surface area (Å²) in [7, 11) is 0. The summed E-state index contributed by atoms with van der Waals surface area (Å²) in [6.07, 6.45) is 2.26. The summed E-state index contributed by atoms with van der Waals surface area (Å²) in [6.45, 7) is 3.53. The van der Waals surface area contributed by atoms with Gasteiger partial charge in [0.15, 0.2) is 6.29 Å². The fraction of sp³-hybridized carbons (Fsp3) is 0. The second-order valence-electron chi connectivity index (χ2n) is 3.30. The summed E-state index contributed by atoms with van der Waals surface area (Å²) in [5, 5.41) is 0.764. The number of para-hydroxylation sites is 1. The van der Waals surface area contributed by atoms with E-state index in [0.29, 0.717) is 11.1 Å². The fourth-order valence-corrected chi connectivity index (χ4v) is 1.79. The van der Waals surface area contributed by atoms with Crippen LogP contribution >= 0.6 is 15.9 Å². The lowest BCUT2D eigenvalue weighted by Gasteiger charge is -2.00. The standard InChI is InChI=1S/C12H8BrNO2/c1-8(13)12(16)14-6-9(7-15)10-4-2-3-5-11(10)14/h2-7H,1H2. The highest BCUT2D eigenvalue weighted by Gasteiger charge is 2.13. The molecule has 0 atom stereocenters. The Hall–Kier alpha value is -1.68. The van der Waals surface area contributed by atoms with E-state index in [1.807, 2.05) is 12.1 Å². The molecule has 16 heavy (non-hydrogen) atoms. The molecule has 2 aromatic rings. The summed E-state index contributed by atoms with van der Waals surface area (Å²) in [6, 6.07) is 7.24. The number of halogens is 1. The smallest absolute Gasteiger partial charge is 0.268 e. The first-order valence-electron chi connectivity index (χ1n) is 4.59. The number of fused-ring (bicyclic) bond motifs is 1. The Morgan fingerprint density at radius 2 is 2.06 bits per heavy atom. The van der Waals surface area contributed by atoms with Gasteiger partial charge in [-0.1, -0.05) is 24.8 Å². The molecular weight excluding hydrogens is 270 g/mol. The van der Waals surface area contributed by atoms with Crippen molar-refractivity contribution in [2.24, 2.45) is 0 Å². The van der Waals surface area contributed by atoms with E-state index in [9.17, 15) is 9.59 Å². The molecule has 0 aliphatic rings. The summed E-state index contributed by atoms with van der Waals surface area (Å²) in [4.78, 5) is 22.7. The summed E-state index contributed by atoms with van der Waals surface area (Å²) in [5.74, 6) is -0.274. The maximum absolute atomic E-state index is 11.8. The van der Waals surface area contributed by atoms with E-state index in [1.54, 1.807) is 12.1 Å². The highest BCUT2D eigenvalue weighted by molar-refractivity contribution is 9.12. The van der Waals surface area contributed by atoms with Crippen molar-refractivity contribution in [3.05, 3.63) is 47.1 Å². The first kappa shape index (κ1) is 10.8. The third-order valence-corrected chi connectivity index (χ3v) is 2.66.